The maximum Gasteiger partial charge on any atom is 0.306 e. The second-order valence-electron chi connectivity index (χ2n) is 8.17. The summed E-state index contributed by atoms with van der Waals surface area (Å²) < 4.78 is 0. The van der Waals surface area contributed by atoms with Crippen molar-refractivity contribution in [1.82, 2.24) is 10.2 Å². The lowest BCUT2D eigenvalue weighted by Crippen LogP contribution is -2.63. The highest BCUT2D eigenvalue weighted by molar-refractivity contribution is 5.99. The third kappa shape index (κ3) is 5.36. The van der Waals surface area contributed by atoms with E-state index in [0.717, 1.165) is 11.1 Å². The Morgan fingerprint density at radius 1 is 1.06 bits per heavy atom. The standard InChI is InChI=1S/C26H28N2O4/c1-2-23(29)28(17-15-20-10-5-3-6-11-20)26(16-9-14-22(18-26)24(30)31)25(32)27-19-21-12-7-4-8-13-21/h1,3-8,10-13,22H,9,14-19H2,(H,27,32)(H,30,31). The van der Waals surface area contributed by atoms with Gasteiger partial charge in [0.1, 0.15) is 5.54 Å². The largest absolute Gasteiger partial charge is 0.481 e. The fourth-order valence-corrected chi connectivity index (χ4v) is 4.45. The van der Waals surface area contributed by atoms with E-state index in [2.05, 4.69) is 11.2 Å². The number of hydrogen-bond donors (Lipinski definition) is 2. The maximum absolute atomic E-state index is 13.6. The average Bonchev–Trinajstić information content (AvgIpc) is 2.83. The minimum atomic E-state index is -1.30. The van der Waals surface area contributed by atoms with Crippen LogP contribution < -0.4 is 5.32 Å². The second-order valence-corrected chi connectivity index (χ2v) is 8.17. The Hall–Kier alpha value is -3.59. The minimum Gasteiger partial charge on any atom is -0.481 e. The van der Waals surface area contributed by atoms with Crippen molar-refractivity contribution < 1.29 is 19.5 Å². The molecule has 32 heavy (non-hydrogen) atoms. The van der Waals surface area contributed by atoms with Crippen molar-refractivity contribution in [1.29, 1.82) is 0 Å². The predicted molar refractivity (Wildman–Crippen MR) is 121 cm³/mol. The third-order valence-corrected chi connectivity index (χ3v) is 6.15. The van der Waals surface area contributed by atoms with Gasteiger partial charge in [0.25, 0.3) is 5.91 Å². The van der Waals surface area contributed by atoms with Gasteiger partial charge in [0.05, 0.1) is 5.92 Å². The highest BCUT2D eigenvalue weighted by atomic mass is 16.4. The van der Waals surface area contributed by atoms with Crippen LogP contribution in [0.5, 0.6) is 0 Å². The summed E-state index contributed by atoms with van der Waals surface area (Å²) in [6.45, 7) is 0.522. The van der Waals surface area contributed by atoms with Gasteiger partial charge in [-0.25, -0.2) is 0 Å². The van der Waals surface area contributed by atoms with E-state index < -0.39 is 23.3 Å². The van der Waals surface area contributed by atoms with Crippen LogP contribution in [0.25, 0.3) is 0 Å². The molecule has 0 spiro atoms. The number of nitrogens with zero attached hydrogens (tertiary/aromatic N) is 1. The molecule has 0 radical (unpaired) electrons. The SMILES string of the molecule is C#CC(=O)N(CCc1ccccc1)C1(C(=O)NCc2ccccc2)CCCC(C(=O)O)C1. The monoisotopic (exact) mass is 432 g/mol. The van der Waals surface area contributed by atoms with E-state index in [1.807, 2.05) is 60.7 Å². The zero-order chi connectivity index (χ0) is 23.0. The molecular formula is C26H28N2O4. The van der Waals surface area contributed by atoms with Gasteiger partial charge in [0.15, 0.2) is 0 Å². The molecule has 1 aliphatic carbocycles. The molecule has 3 rings (SSSR count). The summed E-state index contributed by atoms with van der Waals surface area (Å²) in [5, 5.41) is 12.6. The average molecular weight is 433 g/mol. The van der Waals surface area contributed by atoms with Crippen molar-refractivity contribution in [2.45, 2.75) is 44.2 Å². The summed E-state index contributed by atoms with van der Waals surface area (Å²) in [5.74, 6) is -0.467. The lowest BCUT2D eigenvalue weighted by molar-refractivity contribution is -0.154. The Kier molecular flexibility index (Phi) is 7.67. The van der Waals surface area contributed by atoms with Crippen LogP contribution in [0.2, 0.25) is 0 Å². The number of carbonyl (C=O) groups is 3. The van der Waals surface area contributed by atoms with Crippen molar-refractivity contribution in [2.24, 2.45) is 5.92 Å². The van der Waals surface area contributed by atoms with Gasteiger partial charge in [0, 0.05) is 13.1 Å². The molecule has 0 saturated heterocycles. The number of terminal acetylenes is 1. The number of carbonyl (C=O) groups excluding carboxylic acids is 2. The lowest BCUT2D eigenvalue weighted by Gasteiger charge is -2.46. The molecule has 1 fully saturated rings. The van der Waals surface area contributed by atoms with Crippen LogP contribution in [0.4, 0.5) is 0 Å². The first-order valence-corrected chi connectivity index (χ1v) is 10.8. The van der Waals surface area contributed by atoms with Crippen LogP contribution in [0, 0.1) is 18.3 Å². The molecule has 2 amide bonds. The van der Waals surface area contributed by atoms with Crippen molar-refractivity contribution in [3.8, 4) is 12.3 Å². The molecule has 2 atom stereocenters. The van der Waals surface area contributed by atoms with E-state index in [1.54, 1.807) is 0 Å². The van der Waals surface area contributed by atoms with Gasteiger partial charge in [-0.05, 0) is 49.2 Å². The number of rotatable bonds is 8. The quantitative estimate of drug-likeness (QED) is 0.628. The van der Waals surface area contributed by atoms with Gasteiger partial charge < -0.3 is 15.3 Å². The first-order chi connectivity index (χ1) is 15.5. The third-order valence-electron chi connectivity index (χ3n) is 6.15. The summed E-state index contributed by atoms with van der Waals surface area (Å²) in [5.41, 5.74) is 0.627. The molecule has 2 aromatic carbocycles. The lowest BCUT2D eigenvalue weighted by atomic mass is 9.73. The van der Waals surface area contributed by atoms with Crippen LogP contribution in [-0.4, -0.2) is 39.9 Å². The van der Waals surface area contributed by atoms with E-state index in [1.165, 1.54) is 4.90 Å². The van der Waals surface area contributed by atoms with Crippen molar-refractivity contribution in [3.05, 3.63) is 71.8 Å². The van der Waals surface area contributed by atoms with Crippen LogP contribution >= 0.6 is 0 Å². The highest BCUT2D eigenvalue weighted by Crippen LogP contribution is 2.38. The van der Waals surface area contributed by atoms with Crippen LogP contribution in [0.3, 0.4) is 0 Å². The number of aliphatic carboxylic acids is 1. The first-order valence-electron chi connectivity index (χ1n) is 10.8. The fraction of sp³-hybridized carbons (Fsp3) is 0.346. The van der Waals surface area contributed by atoms with E-state index >= 15 is 0 Å². The molecule has 1 aliphatic rings. The van der Waals surface area contributed by atoms with Gasteiger partial charge in [-0.15, -0.1) is 6.42 Å². The smallest absolute Gasteiger partial charge is 0.306 e. The molecule has 6 nitrogen and oxygen atoms in total. The molecule has 0 bridgehead atoms. The number of hydrogen-bond acceptors (Lipinski definition) is 3. The normalized spacial score (nSPS) is 20.0. The Balaban J connectivity index is 1.90. The summed E-state index contributed by atoms with van der Waals surface area (Å²) in [6.07, 6.45) is 7.41. The Labute approximate surface area is 188 Å². The minimum absolute atomic E-state index is 0.0468. The van der Waals surface area contributed by atoms with E-state index in [9.17, 15) is 19.5 Å². The van der Waals surface area contributed by atoms with E-state index in [4.69, 9.17) is 6.42 Å². The molecule has 0 aromatic heterocycles. The molecule has 0 heterocycles. The van der Waals surface area contributed by atoms with E-state index in [-0.39, 0.29) is 25.4 Å². The predicted octanol–water partition coefficient (Wildman–Crippen LogP) is 3.02. The Morgan fingerprint density at radius 2 is 1.69 bits per heavy atom. The maximum atomic E-state index is 13.6. The van der Waals surface area contributed by atoms with Crippen molar-refractivity contribution >= 4 is 17.8 Å². The first kappa shape index (κ1) is 23.1. The second kappa shape index (κ2) is 10.6. The molecule has 2 N–H and O–H groups in total. The number of nitrogens with one attached hydrogen (secondary N) is 1. The topological polar surface area (TPSA) is 86.7 Å². The van der Waals surface area contributed by atoms with E-state index in [0.29, 0.717) is 25.7 Å². The van der Waals surface area contributed by atoms with Crippen molar-refractivity contribution in [3.63, 3.8) is 0 Å². The molecule has 1 saturated carbocycles. The molecule has 2 unspecified atom stereocenters. The highest BCUT2D eigenvalue weighted by Gasteiger charge is 2.50. The zero-order valence-electron chi connectivity index (χ0n) is 18.0. The number of amides is 2. The number of carboxylic acid groups (broad SMARTS) is 1. The van der Waals surface area contributed by atoms with Crippen LogP contribution in [-0.2, 0) is 27.3 Å². The Morgan fingerprint density at radius 3 is 2.28 bits per heavy atom. The van der Waals surface area contributed by atoms with Gasteiger partial charge in [-0.1, -0.05) is 60.7 Å². The number of carboxylic acids is 1. The summed E-state index contributed by atoms with van der Waals surface area (Å²) in [7, 11) is 0. The van der Waals surface area contributed by atoms with Crippen LogP contribution in [0.15, 0.2) is 60.7 Å². The van der Waals surface area contributed by atoms with Crippen molar-refractivity contribution in [2.75, 3.05) is 6.54 Å². The molecule has 6 heteroatoms. The van der Waals surface area contributed by atoms with Gasteiger partial charge >= 0.3 is 5.97 Å². The molecule has 166 valence electrons. The summed E-state index contributed by atoms with van der Waals surface area (Å²) >= 11 is 0. The molecule has 0 aliphatic heterocycles. The zero-order valence-corrected chi connectivity index (χ0v) is 18.0. The fourth-order valence-electron chi connectivity index (χ4n) is 4.45. The molecular weight excluding hydrogens is 404 g/mol. The van der Waals surface area contributed by atoms with Gasteiger partial charge in [-0.3, -0.25) is 14.4 Å². The Bertz CT molecular complexity index is 984. The van der Waals surface area contributed by atoms with Gasteiger partial charge in [0.2, 0.25) is 5.91 Å². The summed E-state index contributed by atoms with van der Waals surface area (Å²) in [4.78, 5) is 39.7. The number of benzene rings is 2. The summed E-state index contributed by atoms with van der Waals surface area (Å²) in [6, 6.07) is 19.1. The van der Waals surface area contributed by atoms with Crippen LogP contribution in [0.1, 0.15) is 36.8 Å². The molecule has 2 aromatic rings. The van der Waals surface area contributed by atoms with Gasteiger partial charge in [-0.2, -0.15) is 0 Å².